The average Bonchev–Trinajstić information content (AvgIpc) is 2.86. The van der Waals surface area contributed by atoms with E-state index in [2.05, 4.69) is 10.6 Å². The lowest BCUT2D eigenvalue weighted by atomic mass is 10.3. The van der Waals surface area contributed by atoms with Gasteiger partial charge in [-0.2, -0.15) is 0 Å². The first kappa shape index (κ1) is 10.8. The summed E-state index contributed by atoms with van der Waals surface area (Å²) in [6.45, 7) is 0. The predicted octanol–water partition coefficient (Wildman–Crippen LogP) is 1.15. The second kappa shape index (κ2) is 4.90. The SMILES string of the molecule is CNC1NC(C(=O)OC2CCCC2)=CS1. The van der Waals surface area contributed by atoms with E-state index in [1.807, 2.05) is 12.5 Å². The largest absolute Gasteiger partial charge is 0.458 e. The maximum atomic E-state index is 11.7. The van der Waals surface area contributed by atoms with E-state index >= 15 is 0 Å². The lowest BCUT2D eigenvalue weighted by Gasteiger charge is -2.14. The zero-order chi connectivity index (χ0) is 10.7. The molecule has 0 amide bonds. The average molecular weight is 228 g/mol. The third-order valence-electron chi connectivity index (χ3n) is 2.67. The molecule has 0 spiro atoms. The molecule has 0 aromatic carbocycles. The van der Waals surface area contributed by atoms with Crippen LogP contribution in [-0.4, -0.2) is 24.6 Å². The van der Waals surface area contributed by atoms with Crippen molar-refractivity contribution in [1.82, 2.24) is 10.6 Å². The Balaban J connectivity index is 1.81. The standard InChI is InChI=1S/C10H16N2O2S/c1-11-10-12-8(6-15-10)9(13)14-7-4-2-3-5-7/h6-7,10-12H,2-5H2,1H3. The van der Waals surface area contributed by atoms with Crippen LogP contribution in [0.2, 0.25) is 0 Å². The van der Waals surface area contributed by atoms with Crippen LogP contribution in [0.5, 0.6) is 0 Å². The molecule has 1 heterocycles. The monoisotopic (exact) mass is 228 g/mol. The number of thioether (sulfide) groups is 1. The van der Waals surface area contributed by atoms with Crippen molar-refractivity contribution in [2.75, 3.05) is 7.05 Å². The Morgan fingerprint density at radius 1 is 1.60 bits per heavy atom. The van der Waals surface area contributed by atoms with Crippen molar-refractivity contribution in [2.45, 2.75) is 37.3 Å². The molecule has 84 valence electrons. The first-order chi connectivity index (χ1) is 7.29. The summed E-state index contributed by atoms with van der Waals surface area (Å²) in [6.07, 6.45) is 4.53. The molecule has 0 bridgehead atoms. The number of carbonyl (C=O) groups excluding carboxylic acids is 1. The van der Waals surface area contributed by atoms with Crippen molar-refractivity contribution in [1.29, 1.82) is 0 Å². The van der Waals surface area contributed by atoms with E-state index in [1.54, 1.807) is 11.8 Å². The van der Waals surface area contributed by atoms with E-state index in [1.165, 1.54) is 12.8 Å². The molecule has 4 nitrogen and oxygen atoms in total. The third kappa shape index (κ3) is 2.66. The summed E-state index contributed by atoms with van der Waals surface area (Å²) >= 11 is 1.55. The molecule has 0 radical (unpaired) electrons. The van der Waals surface area contributed by atoms with Gasteiger partial charge in [-0.1, -0.05) is 11.8 Å². The molecule has 5 heteroatoms. The quantitative estimate of drug-likeness (QED) is 0.710. The molecule has 1 fully saturated rings. The highest BCUT2D eigenvalue weighted by atomic mass is 32.2. The lowest BCUT2D eigenvalue weighted by Crippen LogP contribution is -2.35. The second-order valence-electron chi connectivity index (χ2n) is 3.79. The van der Waals surface area contributed by atoms with E-state index in [-0.39, 0.29) is 17.6 Å². The number of ether oxygens (including phenoxy) is 1. The Morgan fingerprint density at radius 2 is 2.33 bits per heavy atom. The molecule has 1 aliphatic carbocycles. The van der Waals surface area contributed by atoms with Gasteiger partial charge in [0.15, 0.2) is 0 Å². The van der Waals surface area contributed by atoms with Gasteiger partial charge in [-0.15, -0.1) is 0 Å². The van der Waals surface area contributed by atoms with E-state index < -0.39 is 0 Å². The smallest absolute Gasteiger partial charge is 0.355 e. The number of rotatable bonds is 3. The van der Waals surface area contributed by atoms with E-state index in [0.29, 0.717) is 5.70 Å². The number of hydrogen-bond acceptors (Lipinski definition) is 5. The van der Waals surface area contributed by atoms with Crippen LogP contribution < -0.4 is 10.6 Å². The van der Waals surface area contributed by atoms with Crippen LogP contribution >= 0.6 is 11.8 Å². The molecule has 1 aliphatic heterocycles. The summed E-state index contributed by atoms with van der Waals surface area (Å²) in [7, 11) is 1.85. The molecule has 2 rings (SSSR count). The Bertz CT molecular complexity index is 275. The Kier molecular flexibility index (Phi) is 3.53. The summed E-state index contributed by atoms with van der Waals surface area (Å²) in [5, 5.41) is 7.91. The summed E-state index contributed by atoms with van der Waals surface area (Å²) in [4.78, 5) is 11.7. The minimum absolute atomic E-state index is 0.0936. The zero-order valence-electron chi connectivity index (χ0n) is 8.79. The number of hydrogen-bond donors (Lipinski definition) is 2. The maximum Gasteiger partial charge on any atom is 0.355 e. The summed E-state index contributed by atoms with van der Waals surface area (Å²) < 4.78 is 5.38. The maximum absolute atomic E-state index is 11.7. The molecule has 2 aliphatic rings. The highest BCUT2D eigenvalue weighted by Gasteiger charge is 2.25. The normalized spacial score (nSPS) is 26.2. The first-order valence-electron chi connectivity index (χ1n) is 5.30. The minimum atomic E-state index is -0.216. The van der Waals surface area contributed by atoms with Gasteiger partial charge in [-0.3, -0.25) is 5.32 Å². The van der Waals surface area contributed by atoms with Gasteiger partial charge < -0.3 is 10.1 Å². The van der Waals surface area contributed by atoms with Crippen LogP contribution in [0.3, 0.4) is 0 Å². The Labute approximate surface area is 93.8 Å². The zero-order valence-corrected chi connectivity index (χ0v) is 9.60. The van der Waals surface area contributed by atoms with Gasteiger partial charge >= 0.3 is 5.97 Å². The fourth-order valence-electron chi connectivity index (χ4n) is 1.81. The molecule has 1 saturated carbocycles. The van der Waals surface area contributed by atoms with E-state index in [4.69, 9.17) is 4.74 Å². The van der Waals surface area contributed by atoms with Crippen molar-refractivity contribution in [3.05, 3.63) is 11.1 Å². The van der Waals surface area contributed by atoms with Crippen LogP contribution in [0.25, 0.3) is 0 Å². The molecule has 0 saturated heterocycles. The van der Waals surface area contributed by atoms with E-state index in [0.717, 1.165) is 12.8 Å². The van der Waals surface area contributed by atoms with Crippen LogP contribution in [0, 0.1) is 0 Å². The Morgan fingerprint density at radius 3 is 2.93 bits per heavy atom. The molecular weight excluding hydrogens is 212 g/mol. The van der Waals surface area contributed by atoms with Gasteiger partial charge in [0.2, 0.25) is 0 Å². The van der Waals surface area contributed by atoms with Crippen LogP contribution in [-0.2, 0) is 9.53 Å². The Hall–Kier alpha value is -0.680. The van der Waals surface area contributed by atoms with Crippen LogP contribution in [0.15, 0.2) is 11.1 Å². The first-order valence-corrected chi connectivity index (χ1v) is 6.24. The fraction of sp³-hybridized carbons (Fsp3) is 0.700. The topological polar surface area (TPSA) is 50.4 Å². The van der Waals surface area contributed by atoms with Crippen molar-refractivity contribution < 1.29 is 9.53 Å². The highest BCUT2D eigenvalue weighted by Crippen LogP contribution is 2.24. The fourth-order valence-corrected chi connectivity index (χ4v) is 2.58. The van der Waals surface area contributed by atoms with Gasteiger partial charge in [-0.05, 0) is 32.7 Å². The van der Waals surface area contributed by atoms with Gasteiger partial charge in [0.1, 0.15) is 17.3 Å². The highest BCUT2D eigenvalue weighted by molar-refractivity contribution is 8.02. The lowest BCUT2D eigenvalue weighted by molar-refractivity contribution is -0.144. The van der Waals surface area contributed by atoms with Crippen molar-refractivity contribution in [3.63, 3.8) is 0 Å². The minimum Gasteiger partial charge on any atom is -0.458 e. The molecule has 1 atom stereocenters. The summed E-state index contributed by atoms with van der Waals surface area (Å²) in [5.74, 6) is -0.216. The molecule has 1 unspecified atom stereocenters. The van der Waals surface area contributed by atoms with Gasteiger partial charge in [0.25, 0.3) is 0 Å². The molecule has 0 aromatic rings. The number of nitrogens with one attached hydrogen (secondary N) is 2. The van der Waals surface area contributed by atoms with Crippen molar-refractivity contribution in [3.8, 4) is 0 Å². The van der Waals surface area contributed by atoms with Crippen LogP contribution in [0.1, 0.15) is 25.7 Å². The number of esters is 1. The van der Waals surface area contributed by atoms with Gasteiger partial charge in [-0.25, -0.2) is 4.79 Å². The summed E-state index contributed by atoms with van der Waals surface area (Å²) in [6, 6.07) is 0. The summed E-state index contributed by atoms with van der Waals surface area (Å²) in [5.41, 5.74) is 0.669. The number of carbonyl (C=O) groups is 1. The molecule has 15 heavy (non-hydrogen) atoms. The van der Waals surface area contributed by atoms with Crippen LogP contribution in [0.4, 0.5) is 0 Å². The molecule has 0 aromatic heterocycles. The predicted molar refractivity (Wildman–Crippen MR) is 60.0 cm³/mol. The van der Waals surface area contributed by atoms with Crippen molar-refractivity contribution >= 4 is 17.7 Å². The molecular formula is C10H16N2O2S. The van der Waals surface area contributed by atoms with E-state index in [9.17, 15) is 4.79 Å². The van der Waals surface area contributed by atoms with Gasteiger partial charge in [0.05, 0.1) is 0 Å². The second-order valence-corrected chi connectivity index (χ2v) is 4.77. The van der Waals surface area contributed by atoms with Crippen molar-refractivity contribution in [2.24, 2.45) is 0 Å². The third-order valence-corrected chi connectivity index (χ3v) is 3.66. The molecule has 2 N–H and O–H groups in total. The van der Waals surface area contributed by atoms with Gasteiger partial charge in [0, 0.05) is 5.41 Å².